The number of oxime groups is 1. The first-order valence-electron chi connectivity index (χ1n) is 6.68. The summed E-state index contributed by atoms with van der Waals surface area (Å²) in [5.74, 6) is -1.13. The average Bonchev–Trinajstić information content (AvgIpc) is 2.44. The lowest BCUT2D eigenvalue weighted by Crippen LogP contribution is -2.55. The van der Waals surface area contributed by atoms with Gasteiger partial charge in [-0.15, -0.1) is 0 Å². The lowest BCUT2D eigenvalue weighted by atomic mass is 9.77. The number of alkyl halides is 3. The van der Waals surface area contributed by atoms with Crippen LogP contribution in [0.15, 0.2) is 5.16 Å². The van der Waals surface area contributed by atoms with E-state index in [4.69, 9.17) is 15.7 Å². The van der Waals surface area contributed by atoms with Crippen molar-refractivity contribution in [2.24, 2.45) is 16.3 Å². The van der Waals surface area contributed by atoms with Gasteiger partial charge in [0.1, 0.15) is 12.0 Å². The van der Waals surface area contributed by atoms with Crippen molar-refractivity contribution in [2.75, 3.05) is 26.3 Å². The summed E-state index contributed by atoms with van der Waals surface area (Å²) in [5, 5.41) is 11.7. The Morgan fingerprint density at radius 1 is 1.43 bits per heavy atom. The molecule has 0 aromatic carbocycles. The van der Waals surface area contributed by atoms with Crippen molar-refractivity contribution in [1.82, 2.24) is 4.90 Å². The Labute approximate surface area is 120 Å². The van der Waals surface area contributed by atoms with Crippen molar-refractivity contribution in [1.29, 1.82) is 0 Å². The van der Waals surface area contributed by atoms with Crippen LogP contribution >= 0.6 is 0 Å². The molecule has 21 heavy (non-hydrogen) atoms. The molecule has 1 aliphatic rings. The van der Waals surface area contributed by atoms with Crippen LogP contribution in [0.5, 0.6) is 0 Å². The van der Waals surface area contributed by atoms with E-state index in [0.29, 0.717) is 6.42 Å². The fourth-order valence-electron chi connectivity index (χ4n) is 2.44. The van der Waals surface area contributed by atoms with Gasteiger partial charge < -0.3 is 20.6 Å². The fourth-order valence-corrected chi connectivity index (χ4v) is 2.44. The molecule has 6 nitrogen and oxygen atoms in total. The molecule has 0 aliphatic carbocycles. The van der Waals surface area contributed by atoms with Crippen molar-refractivity contribution < 1.29 is 27.9 Å². The average molecular weight is 311 g/mol. The first kappa shape index (κ1) is 17.5. The molecule has 9 heteroatoms. The molecule has 1 saturated heterocycles. The molecule has 122 valence electrons. The lowest BCUT2D eigenvalue weighted by Gasteiger charge is -2.38. The van der Waals surface area contributed by atoms with E-state index in [1.807, 2.05) is 0 Å². The number of amidine groups is 1. The summed E-state index contributed by atoms with van der Waals surface area (Å²) in [5.41, 5.74) is 4.17. The second kappa shape index (κ2) is 6.97. The summed E-state index contributed by atoms with van der Waals surface area (Å²) < 4.78 is 43.0. The monoisotopic (exact) mass is 311 g/mol. The quantitative estimate of drug-likeness (QED) is 0.347. The maximum absolute atomic E-state index is 12.6. The minimum atomic E-state index is -4.50. The molecule has 0 saturated carbocycles. The molecule has 3 N–H and O–H groups in total. The topological polar surface area (TPSA) is 88.2 Å². The van der Waals surface area contributed by atoms with Crippen LogP contribution in [-0.4, -0.2) is 54.3 Å². The molecular formula is C12H20F3N3O3. The van der Waals surface area contributed by atoms with Crippen molar-refractivity contribution in [3.63, 3.8) is 0 Å². The first-order valence-corrected chi connectivity index (χ1v) is 6.68. The summed E-state index contributed by atoms with van der Waals surface area (Å²) in [4.78, 5) is 13.3. The summed E-state index contributed by atoms with van der Waals surface area (Å²) in [6, 6.07) is 0. The van der Waals surface area contributed by atoms with Gasteiger partial charge in [0.05, 0.1) is 0 Å². The third kappa shape index (κ3) is 4.23. The van der Waals surface area contributed by atoms with Crippen LogP contribution in [0.4, 0.5) is 13.2 Å². The number of halogens is 3. The third-order valence-electron chi connectivity index (χ3n) is 3.50. The molecule has 1 amide bonds. The molecule has 1 fully saturated rings. The molecule has 0 unspecified atom stereocenters. The van der Waals surface area contributed by atoms with Crippen LogP contribution in [0.1, 0.15) is 26.2 Å². The van der Waals surface area contributed by atoms with E-state index in [0.717, 1.165) is 4.90 Å². The molecule has 1 aliphatic heterocycles. The van der Waals surface area contributed by atoms with Crippen LogP contribution in [-0.2, 0) is 9.53 Å². The lowest BCUT2D eigenvalue weighted by molar-refractivity contribution is -0.168. The summed E-state index contributed by atoms with van der Waals surface area (Å²) >= 11 is 0. The largest absolute Gasteiger partial charge is 0.409 e. The number of carbonyl (C=O) groups is 1. The normalized spacial score (nSPS) is 19.3. The van der Waals surface area contributed by atoms with Crippen LogP contribution in [0.3, 0.4) is 0 Å². The number of amides is 1. The maximum atomic E-state index is 12.6. The van der Waals surface area contributed by atoms with Crippen molar-refractivity contribution >= 4 is 11.7 Å². The Bertz CT molecular complexity index is 393. The Morgan fingerprint density at radius 3 is 2.43 bits per heavy atom. The predicted molar refractivity (Wildman–Crippen MR) is 68.8 cm³/mol. The van der Waals surface area contributed by atoms with Gasteiger partial charge in [-0.2, -0.15) is 13.2 Å². The number of hydrogen-bond acceptors (Lipinski definition) is 4. The number of nitrogens with zero attached hydrogens (tertiary/aromatic N) is 2. The second-order valence-corrected chi connectivity index (χ2v) is 5.02. The number of rotatable bonds is 5. The molecule has 0 bridgehead atoms. The van der Waals surface area contributed by atoms with Gasteiger partial charge in [-0.05, 0) is 19.3 Å². The van der Waals surface area contributed by atoms with Gasteiger partial charge in [0.15, 0.2) is 5.84 Å². The van der Waals surface area contributed by atoms with E-state index < -0.39 is 24.0 Å². The van der Waals surface area contributed by atoms with Crippen LogP contribution < -0.4 is 5.73 Å². The standard InChI is InChI=1S/C12H20F3N3O3/c1-2-5-18(8-12(13,14)15)10(19)11(9(16)17-20)3-6-21-7-4-11/h20H,2-8H2,1H3,(H2,16,17). The highest BCUT2D eigenvalue weighted by molar-refractivity contribution is 6.06. The van der Waals surface area contributed by atoms with Gasteiger partial charge in [0.2, 0.25) is 5.91 Å². The van der Waals surface area contributed by atoms with E-state index in [2.05, 4.69) is 5.16 Å². The Hall–Kier alpha value is -1.51. The Kier molecular flexibility index (Phi) is 5.82. The highest BCUT2D eigenvalue weighted by Crippen LogP contribution is 2.34. The maximum Gasteiger partial charge on any atom is 0.406 e. The molecule has 0 spiro atoms. The number of hydrogen-bond donors (Lipinski definition) is 2. The highest BCUT2D eigenvalue weighted by Gasteiger charge is 2.48. The van der Waals surface area contributed by atoms with Crippen molar-refractivity contribution in [3.05, 3.63) is 0 Å². The molecule has 0 aromatic heterocycles. The van der Waals surface area contributed by atoms with Crippen LogP contribution in [0.25, 0.3) is 0 Å². The van der Waals surface area contributed by atoms with Gasteiger partial charge in [-0.1, -0.05) is 12.1 Å². The Morgan fingerprint density at radius 2 is 2.00 bits per heavy atom. The second-order valence-electron chi connectivity index (χ2n) is 5.02. The van der Waals surface area contributed by atoms with Gasteiger partial charge in [0.25, 0.3) is 0 Å². The van der Waals surface area contributed by atoms with Crippen LogP contribution in [0.2, 0.25) is 0 Å². The van der Waals surface area contributed by atoms with Crippen molar-refractivity contribution in [2.45, 2.75) is 32.4 Å². The number of nitrogens with two attached hydrogens (primary N) is 1. The summed E-state index contributed by atoms with van der Waals surface area (Å²) in [6.45, 7) is 0.638. The third-order valence-corrected chi connectivity index (χ3v) is 3.50. The van der Waals surface area contributed by atoms with E-state index in [9.17, 15) is 18.0 Å². The zero-order chi connectivity index (χ0) is 16.1. The number of ether oxygens (including phenoxy) is 1. The fraction of sp³-hybridized carbons (Fsp3) is 0.833. The molecular weight excluding hydrogens is 291 g/mol. The minimum absolute atomic E-state index is 0.0420. The SMILES string of the molecule is CCCN(CC(F)(F)F)C(=O)C1(C(N)=NO)CCOCC1. The smallest absolute Gasteiger partial charge is 0.406 e. The highest BCUT2D eigenvalue weighted by atomic mass is 19.4. The molecule has 1 heterocycles. The van der Waals surface area contributed by atoms with Gasteiger partial charge in [-0.25, -0.2) is 0 Å². The first-order chi connectivity index (χ1) is 9.77. The Balaban J connectivity index is 3.06. The van der Waals surface area contributed by atoms with Gasteiger partial charge >= 0.3 is 6.18 Å². The minimum Gasteiger partial charge on any atom is -0.409 e. The summed E-state index contributed by atoms with van der Waals surface area (Å²) in [6.07, 6.45) is -3.92. The van der Waals surface area contributed by atoms with Gasteiger partial charge in [-0.3, -0.25) is 4.79 Å². The van der Waals surface area contributed by atoms with Crippen molar-refractivity contribution in [3.8, 4) is 0 Å². The van der Waals surface area contributed by atoms with E-state index in [1.54, 1.807) is 6.92 Å². The van der Waals surface area contributed by atoms with Gasteiger partial charge in [0, 0.05) is 19.8 Å². The summed E-state index contributed by atoms with van der Waals surface area (Å²) in [7, 11) is 0. The molecule has 0 radical (unpaired) electrons. The molecule has 0 atom stereocenters. The number of carbonyl (C=O) groups excluding carboxylic acids is 1. The zero-order valence-electron chi connectivity index (χ0n) is 11.8. The van der Waals surface area contributed by atoms with E-state index in [1.165, 1.54) is 0 Å². The molecule has 1 rings (SSSR count). The van der Waals surface area contributed by atoms with E-state index in [-0.39, 0.29) is 38.4 Å². The molecule has 0 aromatic rings. The zero-order valence-corrected chi connectivity index (χ0v) is 11.8. The predicted octanol–water partition coefficient (Wildman–Crippen LogP) is 1.33. The van der Waals surface area contributed by atoms with E-state index >= 15 is 0 Å². The van der Waals surface area contributed by atoms with Crippen LogP contribution in [0, 0.1) is 5.41 Å².